The maximum atomic E-state index is 11.5. The van der Waals surface area contributed by atoms with Gasteiger partial charge in [0.15, 0.2) is 5.13 Å². The molecule has 1 N–H and O–H groups in total. The minimum atomic E-state index is -0.195. The molecule has 0 amide bonds. The average molecular weight is 384 g/mol. The molecule has 3 rings (SSSR count). The first kappa shape index (κ1) is 19.2. The van der Waals surface area contributed by atoms with Crippen LogP contribution in [0.15, 0.2) is 41.8 Å². The molecule has 0 bridgehead atoms. The number of ether oxygens (including phenoxy) is 1. The molecule has 0 spiro atoms. The van der Waals surface area contributed by atoms with Gasteiger partial charge in [0.2, 0.25) is 0 Å². The maximum absolute atomic E-state index is 11.5. The molecule has 6 heteroatoms. The molecule has 0 saturated carbocycles. The van der Waals surface area contributed by atoms with E-state index in [1.807, 2.05) is 18.2 Å². The van der Waals surface area contributed by atoms with Crippen LogP contribution in [-0.2, 0) is 16.1 Å². The fraction of sp³-hybridized carbons (Fsp3) is 0.333. The quantitative estimate of drug-likeness (QED) is 0.586. The maximum Gasteiger partial charge on any atom is 0.307 e. The van der Waals surface area contributed by atoms with E-state index in [0.29, 0.717) is 13.0 Å². The van der Waals surface area contributed by atoms with Crippen LogP contribution in [0.5, 0.6) is 0 Å². The van der Waals surface area contributed by atoms with E-state index in [0.717, 1.165) is 27.8 Å². The summed E-state index contributed by atoms with van der Waals surface area (Å²) in [5, 5.41) is 6.46. The molecule has 0 aliphatic heterocycles. The molecule has 3 aromatic rings. The van der Waals surface area contributed by atoms with E-state index in [1.165, 1.54) is 12.7 Å². The van der Waals surface area contributed by atoms with E-state index in [-0.39, 0.29) is 12.0 Å². The van der Waals surface area contributed by atoms with Crippen LogP contribution in [0, 0.1) is 13.8 Å². The van der Waals surface area contributed by atoms with Gasteiger partial charge in [-0.3, -0.25) is 4.79 Å². The predicted molar refractivity (Wildman–Crippen MR) is 110 cm³/mol. The molecule has 1 aromatic carbocycles. The lowest BCUT2D eigenvalue weighted by atomic mass is 10.1. The van der Waals surface area contributed by atoms with Crippen LogP contribution >= 0.6 is 11.3 Å². The molecule has 1 atom stereocenters. The molecule has 142 valence electrons. The second-order valence-corrected chi connectivity index (χ2v) is 7.44. The summed E-state index contributed by atoms with van der Waals surface area (Å²) in [6, 6.07) is 12.7. The number of carbonyl (C=O) groups is 1. The molecule has 0 aliphatic carbocycles. The van der Waals surface area contributed by atoms with E-state index in [9.17, 15) is 4.79 Å². The minimum Gasteiger partial charge on any atom is -0.469 e. The molecule has 0 aliphatic rings. The van der Waals surface area contributed by atoms with Crippen LogP contribution in [0.4, 0.5) is 5.13 Å². The smallest absolute Gasteiger partial charge is 0.307 e. The third-order valence-corrected chi connectivity index (χ3v) is 5.53. The SMILES string of the molecule is COC(=O)CCn1c(C)cc(-c2csc(N[C@H](C)c3ccccc3)n2)c1C. The van der Waals surface area contributed by atoms with Crippen LogP contribution in [0.3, 0.4) is 0 Å². The minimum absolute atomic E-state index is 0.192. The number of rotatable bonds is 7. The van der Waals surface area contributed by atoms with Crippen molar-refractivity contribution in [3.8, 4) is 11.3 Å². The second kappa shape index (κ2) is 8.39. The summed E-state index contributed by atoms with van der Waals surface area (Å²) in [5.74, 6) is -0.195. The largest absolute Gasteiger partial charge is 0.469 e. The monoisotopic (exact) mass is 383 g/mol. The van der Waals surface area contributed by atoms with E-state index in [2.05, 4.69) is 54.2 Å². The Bertz CT molecular complexity index is 915. The van der Waals surface area contributed by atoms with Crippen molar-refractivity contribution in [3.05, 3.63) is 58.7 Å². The molecule has 0 fully saturated rings. The standard InChI is InChI=1S/C21H25N3O2S/c1-14-12-18(16(3)24(14)11-10-20(25)26-4)19-13-27-21(23-19)22-15(2)17-8-6-5-7-9-17/h5-9,12-13,15H,10-11H2,1-4H3,(H,22,23)/t15-/m1/s1. The number of esters is 1. The number of hydrogen-bond acceptors (Lipinski definition) is 5. The summed E-state index contributed by atoms with van der Waals surface area (Å²) >= 11 is 1.61. The first-order valence-corrected chi connectivity index (χ1v) is 9.88. The Balaban J connectivity index is 1.75. The molecular weight excluding hydrogens is 358 g/mol. The lowest BCUT2D eigenvalue weighted by Crippen LogP contribution is -2.09. The highest BCUT2D eigenvalue weighted by Gasteiger charge is 2.15. The zero-order valence-corrected chi connectivity index (χ0v) is 17.0. The van der Waals surface area contributed by atoms with Gasteiger partial charge >= 0.3 is 5.97 Å². The molecule has 27 heavy (non-hydrogen) atoms. The number of nitrogens with zero attached hydrogens (tertiary/aromatic N) is 2. The van der Waals surface area contributed by atoms with Gasteiger partial charge < -0.3 is 14.6 Å². The van der Waals surface area contributed by atoms with Gasteiger partial charge in [-0.05, 0) is 32.4 Å². The fourth-order valence-corrected chi connectivity index (χ4v) is 3.98. The predicted octanol–water partition coefficient (Wildman–Crippen LogP) is 4.96. The number of aromatic nitrogens is 2. The van der Waals surface area contributed by atoms with Crippen LogP contribution in [0.25, 0.3) is 11.3 Å². The summed E-state index contributed by atoms with van der Waals surface area (Å²) in [4.78, 5) is 16.2. The Kier molecular flexibility index (Phi) is 5.96. The molecule has 0 unspecified atom stereocenters. The molecule has 0 saturated heterocycles. The Hall–Kier alpha value is -2.60. The van der Waals surface area contributed by atoms with Crippen molar-refractivity contribution in [2.24, 2.45) is 0 Å². The summed E-state index contributed by atoms with van der Waals surface area (Å²) in [7, 11) is 1.42. The number of carbonyl (C=O) groups excluding carboxylic acids is 1. The fourth-order valence-electron chi connectivity index (χ4n) is 3.18. The number of hydrogen-bond donors (Lipinski definition) is 1. The third-order valence-electron chi connectivity index (χ3n) is 4.76. The van der Waals surface area contributed by atoms with Crippen molar-refractivity contribution < 1.29 is 9.53 Å². The number of benzene rings is 1. The summed E-state index contributed by atoms with van der Waals surface area (Å²) in [6.07, 6.45) is 0.366. The van der Waals surface area contributed by atoms with Crippen molar-refractivity contribution in [3.63, 3.8) is 0 Å². The normalized spacial score (nSPS) is 12.0. The Labute approximate surface area is 164 Å². The van der Waals surface area contributed by atoms with Crippen molar-refractivity contribution >= 4 is 22.4 Å². The van der Waals surface area contributed by atoms with E-state index < -0.39 is 0 Å². The van der Waals surface area contributed by atoms with Crippen LogP contribution in [-0.4, -0.2) is 22.6 Å². The Morgan fingerprint density at radius 3 is 2.74 bits per heavy atom. The van der Waals surface area contributed by atoms with E-state index >= 15 is 0 Å². The van der Waals surface area contributed by atoms with Crippen LogP contribution in [0.2, 0.25) is 0 Å². The molecular formula is C21H25N3O2S. The summed E-state index contributed by atoms with van der Waals surface area (Å²) < 4.78 is 6.89. The summed E-state index contributed by atoms with van der Waals surface area (Å²) in [5.41, 5.74) is 5.53. The zero-order chi connectivity index (χ0) is 19.4. The van der Waals surface area contributed by atoms with Crippen molar-refractivity contribution in [2.45, 2.75) is 39.8 Å². The van der Waals surface area contributed by atoms with Gasteiger partial charge in [-0.25, -0.2) is 4.98 Å². The number of aryl methyl sites for hydroxylation is 1. The van der Waals surface area contributed by atoms with Crippen LogP contribution < -0.4 is 5.32 Å². The van der Waals surface area contributed by atoms with Gasteiger partial charge in [0.05, 0.1) is 25.3 Å². The van der Waals surface area contributed by atoms with Gasteiger partial charge in [-0.1, -0.05) is 30.3 Å². The lowest BCUT2D eigenvalue weighted by Gasteiger charge is -2.12. The molecule has 2 aromatic heterocycles. The highest BCUT2D eigenvalue weighted by molar-refractivity contribution is 7.14. The van der Waals surface area contributed by atoms with E-state index in [1.54, 1.807) is 11.3 Å². The van der Waals surface area contributed by atoms with Gasteiger partial charge in [-0.2, -0.15) is 0 Å². The lowest BCUT2D eigenvalue weighted by molar-refractivity contribution is -0.140. The molecule has 5 nitrogen and oxygen atoms in total. The van der Waals surface area contributed by atoms with Crippen molar-refractivity contribution in [1.82, 2.24) is 9.55 Å². The number of methoxy groups -OCH3 is 1. The van der Waals surface area contributed by atoms with Crippen LogP contribution in [0.1, 0.15) is 36.3 Å². The first-order chi connectivity index (χ1) is 13.0. The molecule has 2 heterocycles. The topological polar surface area (TPSA) is 56.1 Å². The average Bonchev–Trinajstić information content (AvgIpc) is 3.24. The Morgan fingerprint density at radius 1 is 1.30 bits per heavy atom. The highest BCUT2D eigenvalue weighted by atomic mass is 32.1. The van der Waals surface area contributed by atoms with Gasteiger partial charge in [0.25, 0.3) is 0 Å². The number of anilines is 1. The first-order valence-electron chi connectivity index (χ1n) is 9.00. The molecule has 0 radical (unpaired) electrons. The van der Waals surface area contributed by atoms with Gasteiger partial charge in [0.1, 0.15) is 0 Å². The number of thiazole rings is 1. The van der Waals surface area contributed by atoms with Gasteiger partial charge in [0, 0.05) is 28.9 Å². The van der Waals surface area contributed by atoms with E-state index in [4.69, 9.17) is 9.72 Å². The van der Waals surface area contributed by atoms with Crippen molar-refractivity contribution in [1.29, 1.82) is 0 Å². The highest BCUT2D eigenvalue weighted by Crippen LogP contribution is 2.31. The number of nitrogens with one attached hydrogen (secondary N) is 1. The zero-order valence-electron chi connectivity index (χ0n) is 16.2. The third kappa shape index (κ3) is 4.39. The van der Waals surface area contributed by atoms with Crippen molar-refractivity contribution in [2.75, 3.05) is 12.4 Å². The second-order valence-electron chi connectivity index (χ2n) is 6.58. The Morgan fingerprint density at radius 2 is 2.04 bits per heavy atom. The summed E-state index contributed by atoms with van der Waals surface area (Å²) in [6.45, 7) is 6.87. The van der Waals surface area contributed by atoms with Gasteiger partial charge in [-0.15, -0.1) is 11.3 Å².